The summed E-state index contributed by atoms with van der Waals surface area (Å²) < 4.78 is 4.58. The number of aliphatic hydroxyl groups is 5. The lowest BCUT2D eigenvalue weighted by molar-refractivity contribution is -0.182. The number of hydrogen-bond acceptors (Lipinski definition) is 10. The van der Waals surface area contributed by atoms with E-state index in [-0.39, 0.29) is 19.6 Å². The van der Waals surface area contributed by atoms with Crippen LogP contribution in [0.5, 0.6) is 0 Å². The van der Waals surface area contributed by atoms with E-state index in [9.17, 15) is 34.5 Å². The maximum absolute atomic E-state index is 11.5. The highest BCUT2D eigenvalue weighted by Crippen LogP contribution is 2.20. The Balaban J connectivity index is 0. The van der Waals surface area contributed by atoms with Gasteiger partial charge in [0, 0.05) is 25.0 Å². The normalized spacial score (nSPS) is 14.4. The maximum Gasteiger partial charge on any atom is 0.336 e. The molecule has 0 heterocycles. The Labute approximate surface area is 211 Å². The number of carbonyl (C=O) groups excluding carboxylic acids is 2. The highest BCUT2D eigenvalue weighted by molar-refractivity contribution is 5.88. The molecule has 13 heteroatoms. The number of unbranched alkanes of at least 4 members (excludes halogenated alkanes) is 4. The van der Waals surface area contributed by atoms with Crippen molar-refractivity contribution < 1.29 is 59.7 Å². The van der Waals surface area contributed by atoms with Crippen molar-refractivity contribution in [2.75, 3.05) is 19.8 Å². The standard InChI is InChI=1S/C14H24O8.C9H19NO4/c1-2-3-4-5-6-7-11(17)22-12(18)9-14(21,13(19)20)8-10(15)16;1-9(2,6-12)7(13)8(14)10-4-3-5-11/h11,17,21H,2-9H2,1H3,(H,15,16)(H,19,20);7,11-13H,3-6H2,1-2H3,(H,10,14). The molecule has 8 N–H and O–H groups in total. The van der Waals surface area contributed by atoms with Crippen LogP contribution in [0, 0.1) is 5.41 Å². The van der Waals surface area contributed by atoms with Crippen LogP contribution < -0.4 is 5.32 Å². The Hall–Kier alpha value is -2.32. The van der Waals surface area contributed by atoms with Gasteiger partial charge in [0.1, 0.15) is 6.10 Å². The molecular weight excluding hydrogens is 482 g/mol. The van der Waals surface area contributed by atoms with E-state index in [4.69, 9.17) is 20.4 Å². The van der Waals surface area contributed by atoms with Crippen LogP contribution in [0.3, 0.4) is 0 Å². The lowest BCUT2D eigenvalue weighted by atomic mass is 9.87. The van der Waals surface area contributed by atoms with E-state index in [1.807, 2.05) is 0 Å². The molecule has 0 rings (SSSR count). The number of hydrogen-bond donors (Lipinski definition) is 8. The molecule has 1 amide bonds. The fourth-order valence-electron chi connectivity index (χ4n) is 2.71. The summed E-state index contributed by atoms with van der Waals surface area (Å²) in [6, 6.07) is 0. The first-order valence-electron chi connectivity index (χ1n) is 11.9. The Morgan fingerprint density at radius 2 is 1.50 bits per heavy atom. The minimum absolute atomic E-state index is 0.000230. The Morgan fingerprint density at radius 1 is 0.917 bits per heavy atom. The van der Waals surface area contributed by atoms with E-state index in [0.29, 0.717) is 19.4 Å². The number of carboxylic acids is 2. The molecule has 0 aliphatic rings. The Morgan fingerprint density at radius 3 is 1.97 bits per heavy atom. The van der Waals surface area contributed by atoms with Crippen molar-refractivity contribution in [3.8, 4) is 0 Å². The average molecular weight is 526 g/mol. The maximum atomic E-state index is 11.5. The van der Waals surface area contributed by atoms with E-state index in [1.54, 1.807) is 13.8 Å². The third-order valence-corrected chi connectivity index (χ3v) is 5.13. The molecule has 0 aliphatic carbocycles. The van der Waals surface area contributed by atoms with E-state index < -0.39 is 60.1 Å². The first kappa shape index (κ1) is 35.8. The summed E-state index contributed by atoms with van der Waals surface area (Å²) in [6.45, 7) is 5.33. The summed E-state index contributed by atoms with van der Waals surface area (Å²) in [5.41, 5.74) is -3.59. The highest BCUT2D eigenvalue weighted by atomic mass is 16.6. The van der Waals surface area contributed by atoms with Crippen molar-refractivity contribution in [2.45, 2.75) is 96.6 Å². The number of nitrogens with one attached hydrogen (secondary N) is 1. The second-order valence-corrected chi connectivity index (χ2v) is 9.15. The summed E-state index contributed by atoms with van der Waals surface area (Å²) >= 11 is 0. The van der Waals surface area contributed by atoms with Gasteiger partial charge in [0.25, 0.3) is 0 Å². The first-order valence-corrected chi connectivity index (χ1v) is 11.9. The number of carboxylic acid groups (broad SMARTS) is 2. The minimum atomic E-state index is -2.75. The molecule has 0 bridgehead atoms. The van der Waals surface area contributed by atoms with E-state index in [2.05, 4.69) is 17.0 Å². The van der Waals surface area contributed by atoms with E-state index in [1.165, 1.54) is 0 Å². The molecule has 0 radical (unpaired) electrons. The highest BCUT2D eigenvalue weighted by Gasteiger charge is 2.41. The molecule has 0 saturated heterocycles. The van der Waals surface area contributed by atoms with Gasteiger partial charge in [-0.2, -0.15) is 0 Å². The minimum Gasteiger partial charge on any atom is -0.481 e. The summed E-state index contributed by atoms with van der Waals surface area (Å²) in [7, 11) is 0. The van der Waals surface area contributed by atoms with Crippen LogP contribution in [0.25, 0.3) is 0 Å². The van der Waals surface area contributed by atoms with Crippen LogP contribution in [0.2, 0.25) is 0 Å². The van der Waals surface area contributed by atoms with Gasteiger partial charge in [-0.05, 0) is 12.8 Å². The van der Waals surface area contributed by atoms with Gasteiger partial charge in [-0.1, -0.05) is 46.5 Å². The number of amides is 1. The number of aliphatic hydroxyl groups excluding tert-OH is 4. The molecular formula is C23H43NO12. The summed E-state index contributed by atoms with van der Waals surface area (Å²) in [5, 5.41) is 65.9. The predicted octanol–water partition coefficient (Wildman–Crippen LogP) is -0.247. The smallest absolute Gasteiger partial charge is 0.336 e. The van der Waals surface area contributed by atoms with E-state index in [0.717, 1.165) is 25.7 Å². The topological polar surface area (TPSA) is 231 Å². The van der Waals surface area contributed by atoms with Gasteiger partial charge in [0.05, 0.1) is 19.4 Å². The van der Waals surface area contributed by atoms with Gasteiger partial charge >= 0.3 is 17.9 Å². The lowest BCUT2D eigenvalue weighted by Crippen LogP contribution is -2.45. The molecule has 0 fully saturated rings. The van der Waals surface area contributed by atoms with E-state index >= 15 is 0 Å². The largest absolute Gasteiger partial charge is 0.481 e. The molecule has 36 heavy (non-hydrogen) atoms. The third kappa shape index (κ3) is 16.4. The summed E-state index contributed by atoms with van der Waals surface area (Å²) in [4.78, 5) is 44.2. The van der Waals surface area contributed by atoms with Crippen molar-refractivity contribution in [3.63, 3.8) is 0 Å². The zero-order chi connectivity index (χ0) is 28.4. The first-order chi connectivity index (χ1) is 16.7. The molecule has 0 aromatic carbocycles. The zero-order valence-corrected chi connectivity index (χ0v) is 21.3. The van der Waals surface area contributed by atoms with Gasteiger partial charge in [-0.25, -0.2) is 4.79 Å². The van der Waals surface area contributed by atoms with Crippen LogP contribution in [-0.2, 0) is 23.9 Å². The van der Waals surface area contributed by atoms with Crippen LogP contribution in [0.1, 0.15) is 78.6 Å². The quantitative estimate of drug-likeness (QED) is 0.0658. The molecule has 212 valence electrons. The molecule has 0 spiro atoms. The van der Waals surface area contributed by atoms with Gasteiger partial charge < -0.3 is 45.8 Å². The summed E-state index contributed by atoms with van der Waals surface area (Å²) in [5.74, 6) is -5.07. The fraction of sp³-hybridized carbons (Fsp3) is 0.826. The lowest BCUT2D eigenvalue weighted by Gasteiger charge is -2.27. The number of aliphatic carboxylic acids is 2. The molecule has 0 aromatic heterocycles. The molecule has 13 nitrogen and oxygen atoms in total. The molecule has 3 atom stereocenters. The zero-order valence-electron chi connectivity index (χ0n) is 21.3. The average Bonchev–Trinajstić information content (AvgIpc) is 2.78. The van der Waals surface area contributed by atoms with Gasteiger partial charge in [-0.15, -0.1) is 0 Å². The second-order valence-electron chi connectivity index (χ2n) is 9.15. The SMILES string of the molecule is CC(C)(CO)C(O)C(=O)NCCCO.CCCCCCCC(O)OC(=O)CC(O)(CC(=O)O)C(=O)O. The number of carbonyl (C=O) groups is 4. The number of esters is 1. The van der Waals surface area contributed by atoms with Gasteiger partial charge in [0.2, 0.25) is 12.2 Å². The number of rotatable bonds is 18. The van der Waals surface area contributed by atoms with Crippen LogP contribution in [-0.4, -0.2) is 97.3 Å². The van der Waals surface area contributed by atoms with Crippen molar-refractivity contribution in [1.82, 2.24) is 5.32 Å². The Bertz CT molecular complexity index is 669. The number of ether oxygens (including phenoxy) is 1. The molecule has 0 aromatic rings. The summed E-state index contributed by atoms with van der Waals surface area (Å²) in [6.07, 6.45) is 0.556. The molecule has 3 unspecified atom stereocenters. The monoisotopic (exact) mass is 525 g/mol. The van der Waals surface area contributed by atoms with Crippen molar-refractivity contribution in [2.24, 2.45) is 5.41 Å². The van der Waals surface area contributed by atoms with Gasteiger partial charge in [0.15, 0.2) is 5.60 Å². The van der Waals surface area contributed by atoms with Crippen molar-refractivity contribution in [1.29, 1.82) is 0 Å². The third-order valence-electron chi connectivity index (χ3n) is 5.13. The predicted molar refractivity (Wildman–Crippen MR) is 127 cm³/mol. The Kier molecular flexibility index (Phi) is 18.8. The fourth-order valence-corrected chi connectivity index (χ4v) is 2.71. The van der Waals surface area contributed by atoms with Gasteiger partial charge in [-0.3, -0.25) is 14.4 Å². The van der Waals surface area contributed by atoms with Crippen molar-refractivity contribution >= 4 is 23.8 Å². The van der Waals surface area contributed by atoms with Crippen LogP contribution in [0.4, 0.5) is 0 Å². The van der Waals surface area contributed by atoms with Crippen LogP contribution >= 0.6 is 0 Å². The van der Waals surface area contributed by atoms with Crippen molar-refractivity contribution in [3.05, 3.63) is 0 Å². The second kappa shape index (κ2) is 18.9. The molecule has 0 aliphatic heterocycles. The molecule has 0 saturated carbocycles. The van der Waals surface area contributed by atoms with Crippen LogP contribution in [0.15, 0.2) is 0 Å².